The SMILES string of the molecule is CCOC(=O)C1CC1c1ccc(F)c(NC(=O)[C@H](C2C=CC(Cl)=CC2)[C@@H](C)C(F)(F)F)c1. The molecular weight excluding hydrogens is 450 g/mol. The van der Waals surface area contributed by atoms with Crippen LogP contribution in [0.3, 0.4) is 0 Å². The number of rotatable bonds is 7. The molecule has 3 rings (SSSR count). The second-order valence-electron chi connectivity index (χ2n) is 8.13. The summed E-state index contributed by atoms with van der Waals surface area (Å²) in [5, 5.41) is 2.73. The highest BCUT2D eigenvalue weighted by Gasteiger charge is 2.47. The van der Waals surface area contributed by atoms with E-state index >= 15 is 0 Å². The Morgan fingerprint density at radius 2 is 2.03 bits per heavy atom. The largest absolute Gasteiger partial charge is 0.466 e. The molecule has 32 heavy (non-hydrogen) atoms. The second-order valence-corrected chi connectivity index (χ2v) is 8.57. The van der Waals surface area contributed by atoms with Crippen LogP contribution in [0, 0.1) is 29.5 Å². The highest BCUT2D eigenvalue weighted by Crippen LogP contribution is 2.49. The van der Waals surface area contributed by atoms with Crippen molar-refractivity contribution in [3.63, 3.8) is 0 Å². The van der Waals surface area contributed by atoms with Crippen LogP contribution >= 0.6 is 11.6 Å². The number of amides is 1. The van der Waals surface area contributed by atoms with E-state index in [-0.39, 0.29) is 36.5 Å². The number of alkyl halides is 3. The maximum Gasteiger partial charge on any atom is 0.392 e. The van der Waals surface area contributed by atoms with E-state index in [1.807, 2.05) is 0 Å². The molecule has 0 spiro atoms. The van der Waals surface area contributed by atoms with Crippen LogP contribution in [-0.4, -0.2) is 24.7 Å². The van der Waals surface area contributed by atoms with Gasteiger partial charge in [0, 0.05) is 5.03 Å². The maximum absolute atomic E-state index is 14.4. The summed E-state index contributed by atoms with van der Waals surface area (Å²) in [5.41, 5.74) is 0.405. The Kier molecular flexibility index (Phi) is 7.32. The Labute approximate surface area is 188 Å². The van der Waals surface area contributed by atoms with Gasteiger partial charge in [0.2, 0.25) is 5.91 Å². The molecule has 0 radical (unpaired) electrons. The number of ether oxygens (including phenoxy) is 1. The maximum atomic E-state index is 14.4. The van der Waals surface area contributed by atoms with Crippen LogP contribution < -0.4 is 5.32 Å². The molecule has 0 heterocycles. The van der Waals surface area contributed by atoms with Gasteiger partial charge in [0.15, 0.2) is 0 Å². The molecule has 2 aliphatic rings. The van der Waals surface area contributed by atoms with Crippen LogP contribution in [0.15, 0.2) is 41.5 Å². The number of benzene rings is 1. The van der Waals surface area contributed by atoms with Gasteiger partial charge in [-0.05, 0) is 55.4 Å². The Hall–Kier alpha value is -2.35. The molecule has 1 amide bonds. The zero-order valence-corrected chi connectivity index (χ0v) is 18.3. The third kappa shape index (κ3) is 5.52. The number of esters is 1. The van der Waals surface area contributed by atoms with Crippen LogP contribution in [0.5, 0.6) is 0 Å². The van der Waals surface area contributed by atoms with Crippen molar-refractivity contribution in [1.29, 1.82) is 0 Å². The van der Waals surface area contributed by atoms with E-state index in [4.69, 9.17) is 16.3 Å². The first-order valence-electron chi connectivity index (χ1n) is 10.4. The van der Waals surface area contributed by atoms with Crippen LogP contribution in [0.4, 0.5) is 23.2 Å². The molecule has 1 aromatic rings. The van der Waals surface area contributed by atoms with Gasteiger partial charge in [-0.3, -0.25) is 9.59 Å². The highest BCUT2D eigenvalue weighted by molar-refractivity contribution is 6.31. The van der Waals surface area contributed by atoms with Gasteiger partial charge < -0.3 is 10.1 Å². The first-order chi connectivity index (χ1) is 15.0. The molecule has 1 fully saturated rings. The first-order valence-corrected chi connectivity index (χ1v) is 10.8. The van der Waals surface area contributed by atoms with E-state index in [9.17, 15) is 27.2 Å². The predicted octanol–water partition coefficient (Wildman–Crippen LogP) is 5.94. The van der Waals surface area contributed by atoms with Gasteiger partial charge in [0.05, 0.1) is 30.0 Å². The second kappa shape index (κ2) is 9.65. The van der Waals surface area contributed by atoms with Crippen molar-refractivity contribution in [2.75, 3.05) is 11.9 Å². The van der Waals surface area contributed by atoms with Gasteiger partial charge in [-0.25, -0.2) is 4.39 Å². The molecule has 174 valence electrons. The average molecular weight is 474 g/mol. The van der Waals surface area contributed by atoms with Crippen LogP contribution in [0.2, 0.25) is 0 Å². The van der Waals surface area contributed by atoms with E-state index in [0.717, 1.165) is 13.0 Å². The Morgan fingerprint density at radius 3 is 2.62 bits per heavy atom. The third-order valence-corrected chi connectivity index (χ3v) is 6.24. The minimum atomic E-state index is -4.61. The van der Waals surface area contributed by atoms with E-state index in [1.54, 1.807) is 13.0 Å². The standard InChI is InChI=1S/C23H24ClF4NO3/c1-3-32-22(31)17-11-16(17)14-6-9-18(25)19(10-14)29-21(30)20(12(2)23(26,27)28)13-4-7-15(24)8-5-13/h4,6-10,12-13,16-17,20H,3,5,11H2,1-2H3,(H,29,30)/t12-,13?,16?,17?,20+/m1/s1. The van der Waals surface area contributed by atoms with Crippen LogP contribution in [0.25, 0.3) is 0 Å². The molecule has 0 saturated heterocycles. The summed E-state index contributed by atoms with van der Waals surface area (Å²) in [4.78, 5) is 24.8. The van der Waals surface area contributed by atoms with Crippen molar-refractivity contribution >= 4 is 29.2 Å². The molecule has 1 saturated carbocycles. The lowest BCUT2D eigenvalue weighted by Crippen LogP contribution is -2.40. The number of carbonyl (C=O) groups excluding carboxylic acids is 2. The normalized spacial score (nSPS) is 24.3. The van der Waals surface area contributed by atoms with Crippen LogP contribution in [0.1, 0.15) is 38.2 Å². The molecule has 9 heteroatoms. The van der Waals surface area contributed by atoms with E-state index in [2.05, 4.69) is 5.32 Å². The fourth-order valence-electron chi connectivity index (χ4n) is 4.03. The lowest BCUT2D eigenvalue weighted by Gasteiger charge is -2.31. The summed E-state index contributed by atoms with van der Waals surface area (Å²) < 4.78 is 59.9. The summed E-state index contributed by atoms with van der Waals surface area (Å²) in [6.07, 6.45) is 0.589. The minimum Gasteiger partial charge on any atom is -0.466 e. The van der Waals surface area contributed by atoms with Gasteiger partial charge in [-0.2, -0.15) is 13.2 Å². The quantitative estimate of drug-likeness (QED) is 0.393. The Bertz CT molecular complexity index is 944. The van der Waals surface area contributed by atoms with Gasteiger partial charge >= 0.3 is 12.1 Å². The number of halogens is 5. The molecule has 4 nitrogen and oxygen atoms in total. The Morgan fingerprint density at radius 1 is 1.31 bits per heavy atom. The molecule has 5 atom stereocenters. The molecule has 2 aliphatic carbocycles. The number of hydrogen-bond donors (Lipinski definition) is 1. The van der Waals surface area contributed by atoms with Crippen molar-refractivity contribution in [3.05, 3.63) is 52.8 Å². The van der Waals surface area contributed by atoms with Crippen molar-refractivity contribution in [2.24, 2.45) is 23.7 Å². The minimum absolute atomic E-state index is 0.166. The zero-order chi connectivity index (χ0) is 23.6. The number of carbonyl (C=O) groups is 2. The molecule has 0 bridgehead atoms. The first kappa shape index (κ1) is 24.3. The summed E-state index contributed by atoms with van der Waals surface area (Å²) in [6, 6.07) is 4.01. The van der Waals surface area contributed by atoms with Gasteiger partial charge in [0.1, 0.15) is 5.82 Å². The van der Waals surface area contributed by atoms with Crippen molar-refractivity contribution in [3.8, 4) is 0 Å². The summed E-state index contributed by atoms with van der Waals surface area (Å²) >= 11 is 5.86. The predicted molar refractivity (Wildman–Crippen MR) is 112 cm³/mol. The molecular formula is C23H24ClF4NO3. The number of anilines is 1. The fraction of sp³-hybridized carbons (Fsp3) is 0.478. The van der Waals surface area contributed by atoms with E-state index < -0.39 is 35.7 Å². The number of allylic oxidation sites excluding steroid dienone is 4. The van der Waals surface area contributed by atoms with Gasteiger partial charge in [-0.1, -0.05) is 36.7 Å². The number of hydrogen-bond acceptors (Lipinski definition) is 3. The van der Waals surface area contributed by atoms with Gasteiger partial charge in [-0.15, -0.1) is 0 Å². The van der Waals surface area contributed by atoms with Crippen molar-refractivity contribution in [2.45, 2.75) is 38.8 Å². The summed E-state index contributed by atoms with van der Waals surface area (Å²) in [5.74, 6) is -6.72. The van der Waals surface area contributed by atoms with E-state index in [1.165, 1.54) is 24.3 Å². The third-order valence-electron chi connectivity index (χ3n) is 5.96. The smallest absolute Gasteiger partial charge is 0.392 e. The van der Waals surface area contributed by atoms with E-state index in [0.29, 0.717) is 17.0 Å². The van der Waals surface area contributed by atoms with Crippen LogP contribution in [-0.2, 0) is 14.3 Å². The molecule has 0 aliphatic heterocycles. The average Bonchev–Trinajstić information content (AvgIpc) is 3.52. The Balaban J connectivity index is 1.80. The highest BCUT2D eigenvalue weighted by atomic mass is 35.5. The summed E-state index contributed by atoms with van der Waals surface area (Å²) in [7, 11) is 0. The molecule has 1 N–H and O–H groups in total. The molecule has 1 aromatic carbocycles. The fourth-order valence-corrected chi connectivity index (χ4v) is 4.19. The van der Waals surface area contributed by atoms with Crippen molar-refractivity contribution in [1.82, 2.24) is 0 Å². The van der Waals surface area contributed by atoms with Crippen molar-refractivity contribution < 1.29 is 31.9 Å². The topological polar surface area (TPSA) is 55.4 Å². The van der Waals surface area contributed by atoms with Gasteiger partial charge in [0.25, 0.3) is 0 Å². The molecule has 3 unspecified atom stereocenters. The lowest BCUT2D eigenvalue weighted by atomic mass is 9.78. The lowest BCUT2D eigenvalue weighted by molar-refractivity contribution is -0.188. The number of nitrogens with one attached hydrogen (secondary N) is 1. The molecule has 0 aromatic heterocycles. The monoisotopic (exact) mass is 473 g/mol. The zero-order valence-electron chi connectivity index (χ0n) is 17.6. The summed E-state index contributed by atoms with van der Waals surface area (Å²) in [6.45, 7) is 2.89.